The summed E-state index contributed by atoms with van der Waals surface area (Å²) in [5.74, 6) is -0.905. The van der Waals surface area contributed by atoms with Gasteiger partial charge in [0.1, 0.15) is 0 Å². The van der Waals surface area contributed by atoms with Gasteiger partial charge < -0.3 is 10.4 Å². The third-order valence-electron chi connectivity index (χ3n) is 7.72. The topological polar surface area (TPSA) is 104 Å². The van der Waals surface area contributed by atoms with Crippen LogP contribution in [0.25, 0.3) is 0 Å². The molecule has 1 amide bonds. The SMILES string of the molecule is CCCCCCCCC/C=C\CCCCCCCC(=O)NC(CS(=O)(=O)O)C(O)CCCCCCCCCCC. The van der Waals surface area contributed by atoms with Crippen LogP contribution in [0.4, 0.5) is 0 Å². The van der Waals surface area contributed by atoms with Crippen LogP contribution >= 0.6 is 0 Å². The number of unbranched alkanes of at least 4 members (excludes halogenated alkanes) is 20. The maximum Gasteiger partial charge on any atom is 0.266 e. The van der Waals surface area contributed by atoms with Crippen LogP contribution in [0.1, 0.15) is 174 Å². The smallest absolute Gasteiger partial charge is 0.266 e. The second-order valence-corrected chi connectivity index (χ2v) is 13.3. The second kappa shape index (κ2) is 28.2. The Kier molecular flexibility index (Phi) is 27.6. The average molecular weight is 588 g/mol. The Morgan fingerprint density at radius 1 is 0.650 bits per heavy atom. The third kappa shape index (κ3) is 28.6. The van der Waals surface area contributed by atoms with E-state index >= 15 is 0 Å². The molecule has 0 heterocycles. The minimum absolute atomic E-state index is 0.256. The largest absolute Gasteiger partial charge is 0.391 e. The van der Waals surface area contributed by atoms with Crippen LogP contribution in [0.15, 0.2) is 12.2 Å². The van der Waals surface area contributed by atoms with Crippen LogP contribution < -0.4 is 5.32 Å². The summed E-state index contributed by atoms with van der Waals surface area (Å²) in [6.45, 7) is 4.47. The summed E-state index contributed by atoms with van der Waals surface area (Å²) in [4.78, 5) is 12.4. The lowest BCUT2D eigenvalue weighted by molar-refractivity contribution is -0.122. The molecule has 6 nitrogen and oxygen atoms in total. The molecule has 3 N–H and O–H groups in total. The first-order valence-electron chi connectivity index (χ1n) is 16.9. The zero-order chi connectivity index (χ0) is 29.7. The van der Waals surface area contributed by atoms with Crippen molar-refractivity contribution in [3.05, 3.63) is 12.2 Å². The van der Waals surface area contributed by atoms with Crippen LogP contribution in [-0.2, 0) is 14.9 Å². The quantitative estimate of drug-likeness (QED) is 0.0442. The zero-order valence-corrected chi connectivity index (χ0v) is 27.0. The van der Waals surface area contributed by atoms with Gasteiger partial charge in [-0.15, -0.1) is 0 Å². The molecule has 0 bridgehead atoms. The number of aliphatic hydroxyl groups is 1. The highest BCUT2D eigenvalue weighted by Crippen LogP contribution is 2.14. The fraction of sp³-hybridized carbons (Fsp3) is 0.909. The lowest BCUT2D eigenvalue weighted by Gasteiger charge is -2.23. The molecule has 40 heavy (non-hydrogen) atoms. The highest BCUT2D eigenvalue weighted by atomic mass is 32.2. The highest BCUT2D eigenvalue weighted by molar-refractivity contribution is 7.85. The Hall–Kier alpha value is -0.920. The zero-order valence-electron chi connectivity index (χ0n) is 26.2. The molecule has 0 saturated heterocycles. The van der Waals surface area contributed by atoms with Gasteiger partial charge in [-0.1, -0.05) is 142 Å². The molecule has 0 aliphatic heterocycles. The summed E-state index contributed by atoms with van der Waals surface area (Å²) in [6.07, 6.45) is 31.6. The number of hydrogen-bond acceptors (Lipinski definition) is 4. The minimum atomic E-state index is -4.30. The molecule has 2 unspecified atom stereocenters. The number of amides is 1. The van der Waals surface area contributed by atoms with Crippen LogP contribution in [-0.4, -0.2) is 41.9 Å². The minimum Gasteiger partial charge on any atom is -0.391 e. The van der Waals surface area contributed by atoms with Gasteiger partial charge in [0.15, 0.2) is 0 Å². The summed E-state index contributed by atoms with van der Waals surface area (Å²) in [5, 5.41) is 13.2. The van der Waals surface area contributed by atoms with Crippen LogP contribution in [0.5, 0.6) is 0 Å². The van der Waals surface area contributed by atoms with Gasteiger partial charge in [-0.3, -0.25) is 9.35 Å². The predicted molar refractivity (Wildman–Crippen MR) is 170 cm³/mol. The van der Waals surface area contributed by atoms with E-state index in [-0.39, 0.29) is 5.91 Å². The fourth-order valence-corrected chi connectivity index (χ4v) is 5.91. The van der Waals surface area contributed by atoms with Crippen molar-refractivity contribution in [2.45, 2.75) is 187 Å². The van der Waals surface area contributed by atoms with E-state index in [4.69, 9.17) is 0 Å². The normalized spacial score (nSPS) is 13.6. The van der Waals surface area contributed by atoms with Crippen molar-refractivity contribution in [2.24, 2.45) is 0 Å². The van der Waals surface area contributed by atoms with E-state index in [0.29, 0.717) is 12.8 Å². The highest BCUT2D eigenvalue weighted by Gasteiger charge is 2.26. The average Bonchev–Trinajstić information content (AvgIpc) is 2.90. The second-order valence-electron chi connectivity index (χ2n) is 11.8. The fourth-order valence-electron chi connectivity index (χ4n) is 5.15. The lowest BCUT2D eigenvalue weighted by atomic mass is 10.0. The van der Waals surface area contributed by atoms with Gasteiger partial charge >= 0.3 is 0 Å². The van der Waals surface area contributed by atoms with E-state index in [1.54, 1.807) is 0 Å². The molecule has 0 aromatic rings. The number of carbonyl (C=O) groups excluding carboxylic acids is 1. The first-order chi connectivity index (χ1) is 19.3. The van der Waals surface area contributed by atoms with E-state index in [2.05, 4.69) is 31.3 Å². The van der Waals surface area contributed by atoms with Crippen molar-refractivity contribution in [1.82, 2.24) is 5.32 Å². The summed E-state index contributed by atoms with van der Waals surface area (Å²) < 4.78 is 32.2. The molecule has 0 radical (unpaired) electrons. The van der Waals surface area contributed by atoms with Crippen LogP contribution in [0.3, 0.4) is 0 Å². The number of rotatable bonds is 30. The van der Waals surface area contributed by atoms with Crippen molar-refractivity contribution in [2.75, 3.05) is 5.75 Å². The van der Waals surface area contributed by atoms with E-state index in [1.165, 1.54) is 96.3 Å². The predicted octanol–water partition coefficient (Wildman–Crippen LogP) is 9.07. The molecular formula is C33H65NO5S. The van der Waals surface area contributed by atoms with Gasteiger partial charge in [0.2, 0.25) is 5.91 Å². The summed E-state index contributed by atoms with van der Waals surface area (Å²) in [6, 6.07) is -0.968. The summed E-state index contributed by atoms with van der Waals surface area (Å²) in [7, 11) is -4.30. The Balaban J connectivity index is 3.93. The molecule has 0 aromatic carbocycles. The van der Waals surface area contributed by atoms with E-state index in [1.807, 2.05) is 0 Å². The first kappa shape index (κ1) is 39.1. The number of allylic oxidation sites excluding steroid dienone is 2. The maximum atomic E-state index is 12.4. The molecule has 0 spiro atoms. The van der Waals surface area contributed by atoms with E-state index in [9.17, 15) is 22.9 Å². The lowest BCUT2D eigenvalue weighted by Crippen LogP contribution is -2.47. The van der Waals surface area contributed by atoms with Crippen LogP contribution in [0, 0.1) is 0 Å². The molecule has 0 aromatic heterocycles. The van der Waals surface area contributed by atoms with Crippen molar-refractivity contribution in [1.29, 1.82) is 0 Å². The molecule has 0 rings (SSSR count). The molecule has 2 atom stereocenters. The first-order valence-corrected chi connectivity index (χ1v) is 18.5. The van der Waals surface area contributed by atoms with Gasteiger partial charge in [0.25, 0.3) is 10.1 Å². The van der Waals surface area contributed by atoms with E-state index < -0.39 is 28.0 Å². The van der Waals surface area contributed by atoms with Gasteiger partial charge in [0.05, 0.1) is 17.9 Å². The summed E-state index contributed by atoms with van der Waals surface area (Å²) >= 11 is 0. The van der Waals surface area contributed by atoms with Crippen molar-refractivity contribution in [3.63, 3.8) is 0 Å². The Morgan fingerprint density at radius 3 is 1.50 bits per heavy atom. The Bertz CT molecular complexity index is 695. The Labute approximate surface area is 248 Å². The Morgan fingerprint density at radius 2 is 1.05 bits per heavy atom. The summed E-state index contributed by atoms with van der Waals surface area (Å²) in [5.41, 5.74) is 0. The van der Waals surface area contributed by atoms with Crippen molar-refractivity contribution < 1.29 is 22.9 Å². The third-order valence-corrected chi connectivity index (χ3v) is 8.50. The van der Waals surface area contributed by atoms with Gasteiger partial charge in [0, 0.05) is 6.42 Å². The van der Waals surface area contributed by atoms with Gasteiger partial charge in [-0.2, -0.15) is 8.42 Å². The number of carbonyl (C=O) groups is 1. The maximum absolute atomic E-state index is 12.4. The monoisotopic (exact) mass is 587 g/mol. The number of aliphatic hydroxyl groups excluding tert-OH is 1. The number of nitrogens with one attached hydrogen (secondary N) is 1. The van der Waals surface area contributed by atoms with Crippen molar-refractivity contribution in [3.8, 4) is 0 Å². The van der Waals surface area contributed by atoms with Gasteiger partial charge in [-0.05, 0) is 38.5 Å². The molecule has 0 saturated carbocycles. The standard InChI is InChI=1S/C33H65NO5S/c1-3-5-7-9-11-13-14-15-16-17-18-19-21-23-25-27-29-33(36)34-31(30-40(37,38)39)32(35)28-26-24-22-20-12-10-8-6-4-2/h16-17,31-32,35H,3-15,18-30H2,1-2H3,(H,34,36)(H,37,38,39)/b17-16-. The molecular weight excluding hydrogens is 522 g/mol. The molecule has 0 aliphatic rings. The van der Waals surface area contributed by atoms with Crippen molar-refractivity contribution >= 4 is 16.0 Å². The van der Waals surface area contributed by atoms with E-state index in [0.717, 1.165) is 51.4 Å². The van der Waals surface area contributed by atoms with Gasteiger partial charge in [-0.25, -0.2) is 0 Å². The molecule has 7 heteroatoms. The molecule has 0 aliphatic carbocycles. The number of hydrogen-bond donors (Lipinski definition) is 3. The molecule has 0 fully saturated rings. The van der Waals surface area contributed by atoms with Crippen LogP contribution in [0.2, 0.25) is 0 Å². The molecule has 238 valence electrons.